The minimum atomic E-state index is -0.0764. The highest BCUT2D eigenvalue weighted by molar-refractivity contribution is 7.98. The Morgan fingerprint density at radius 3 is 2.82 bits per heavy atom. The van der Waals surface area contributed by atoms with Crippen LogP contribution in [0.5, 0.6) is 0 Å². The Morgan fingerprint density at radius 1 is 1.25 bits per heavy atom. The standard InChI is InChI=1S/C22H27N3O2S/c1-28-22-16(10-7-12-23-22)21(27)24-20-17-11-5-6-13-25(17)18(14-26)19(20)15-8-3-2-4-9-15/h2-4,7-10,12,17-20,26H,5-6,11,13-14H2,1H3,(H,24,27)/t17-,18-,19+,20+/m1/s1. The normalized spacial score (nSPS) is 27.4. The van der Waals surface area contributed by atoms with E-state index < -0.39 is 0 Å². The molecule has 4 rings (SSSR count). The minimum absolute atomic E-state index is 0.0257. The lowest BCUT2D eigenvalue weighted by Gasteiger charge is -2.34. The van der Waals surface area contributed by atoms with Gasteiger partial charge in [-0.05, 0) is 43.3 Å². The average Bonchev–Trinajstić information content (AvgIpc) is 3.07. The van der Waals surface area contributed by atoms with Crippen LogP contribution in [0.25, 0.3) is 0 Å². The van der Waals surface area contributed by atoms with E-state index in [4.69, 9.17) is 0 Å². The minimum Gasteiger partial charge on any atom is -0.395 e. The molecule has 1 aromatic carbocycles. The number of rotatable bonds is 5. The molecule has 4 atom stereocenters. The predicted molar refractivity (Wildman–Crippen MR) is 112 cm³/mol. The van der Waals surface area contributed by atoms with E-state index >= 15 is 0 Å². The number of aliphatic hydroxyl groups is 1. The Labute approximate surface area is 170 Å². The maximum atomic E-state index is 13.2. The lowest BCUT2D eigenvalue weighted by atomic mass is 9.85. The third kappa shape index (κ3) is 3.56. The second-order valence-electron chi connectivity index (χ2n) is 7.55. The average molecular weight is 398 g/mol. The van der Waals surface area contributed by atoms with Gasteiger partial charge in [0.2, 0.25) is 0 Å². The van der Waals surface area contributed by atoms with Gasteiger partial charge in [0.1, 0.15) is 5.03 Å². The van der Waals surface area contributed by atoms with Gasteiger partial charge in [-0.15, -0.1) is 11.8 Å². The van der Waals surface area contributed by atoms with Crippen LogP contribution >= 0.6 is 11.8 Å². The number of fused-ring (bicyclic) bond motifs is 1. The molecular formula is C22H27N3O2S. The topological polar surface area (TPSA) is 65.5 Å². The van der Waals surface area contributed by atoms with Crippen molar-refractivity contribution < 1.29 is 9.90 Å². The maximum Gasteiger partial charge on any atom is 0.254 e. The van der Waals surface area contributed by atoms with Crippen molar-refractivity contribution in [3.8, 4) is 0 Å². The van der Waals surface area contributed by atoms with Crippen molar-refractivity contribution in [2.24, 2.45) is 0 Å². The summed E-state index contributed by atoms with van der Waals surface area (Å²) in [5.74, 6) is 0.000135. The summed E-state index contributed by atoms with van der Waals surface area (Å²) in [4.78, 5) is 19.9. The van der Waals surface area contributed by atoms with Gasteiger partial charge in [0.05, 0.1) is 18.2 Å². The van der Waals surface area contributed by atoms with Crippen LogP contribution in [0.1, 0.15) is 41.1 Å². The number of carbonyl (C=O) groups excluding carboxylic acids is 1. The van der Waals surface area contributed by atoms with E-state index in [1.807, 2.05) is 30.5 Å². The van der Waals surface area contributed by atoms with Crippen LogP contribution in [-0.2, 0) is 0 Å². The molecule has 5 nitrogen and oxygen atoms in total. The highest BCUT2D eigenvalue weighted by atomic mass is 32.2. The van der Waals surface area contributed by atoms with Gasteiger partial charge in [-0.3, -0.25) is 9.69 Å². The summed E-state index contributed by atoms with van der Waals surface area (Å²) in [5, 5.41) is 14.3. The zero-order valence-electron chi connectivity index (χ0n) is 16.1. The molecule has 2 aromatic rings. The maximum absolute atomic E-state index is 13.2. The first-order valence-electron chi connectivity index (χ1n) is 9.96. The Hall–Kier alpha value is -1.89. The van der Waals surface area contributed by atoms with Gasteiger partial charge in [0.15, 0.2) is 0 Å². The number of nitrogens with zero attached hydrogens (tertiary/aromatic N) is 2. The number of aromatic nitrogens is 1. The molecule has 2 fully saturated rings. The number of aliphatic hydroxyl groups excluding tert-OH is 1. The summed E-state index contributed by atoms with van der Waals surface area (Å²) in [7, 11) is 0. The van der Waals surface area contributed by atoms with Crippen molar-refractivity contribution >= 4 is 17.7 Å². The third-order valence-electron chi connectivity index (χ3n) is 6.11. The first-order chi connectivity index (χ1) is 13.7. The molecule has 0 spiro atoms. The number of benzene rings is 1. The lowest BCUT2D eigenvalue weighted by molar-refractivity contribution is 0.0874. The number of hydrogen-bond donors (Lipinski definition) is 2. The Kier molecular flexibility index (Phi) is 5.99. The van der Waals surface area contributed by atoms with Crippen molar-refractivity contribution in [2.75, 3.05) is 19.4 Å². The van der Waals surface area contributed by atoms with Crippen molar-refractivity contribution in [1.29, 1.82) is 0 Å². The fourth-order valence-electron chi connectivity index (χ4n) is 4.93. The zero-order valence-corrected chi connectivity index (χ0v) is 16.9. The fourth-order valence-corrected chi connectivity index (χ4v) is 5.47. The summed E-state index contributed by atoms with van der Waals surface area (Å²) in [6.07, 6.45) is 7.01. The molecule has 2 aliphatic rings. The van der Waals surface area contributed by atoms with Crippen LogP contribution < -0.4 is 5.32 Å². The highest BCUT2D eigenvalue weighted by Crippen LogP contribution is 2.41. The molecule has 148 valence electrons. The molecule has 2 N–H and O–H groups in total. The summed E-state index contributed by atoms with van der Waals surface area (Å²) in [6, 6.07) is 14.2. The van der Waals surface area contributed by atoms with Crippen LogP contribution in [0, 0.1) is 0 Å². The summed E-state index contributed by atoms with van der Waals surface area (Å²) < 4.78 is 0. The van der Waals surface area contributed by atoms with Gasteiger partial charge in [0, 0.05) is 24.2 Å². The number of hydrogen-bond acceptors (Lipinski definition) is 5. The molecular weight excluding hydrogens is 370 g/mol. The Balaban J connectivity index is 1.68. The van der Waals surface area contributed by atoms with Gasteiger partial charge in [-0.2, -0.15) is 0 Å². The Morgan fingerprint density at radius 2 is 2.07 bits per heavy atom. The van der Waals surface area contributed by atoms with E-state index in [0.29, 0.717) is 5.56 Å². The Bertz CT molecular complexity index is 816. The largest absolute Gasteiger partial charge is 0.395 e. The molecule has 28 heavy (non-hydrogen) atoms. The monoisotopic (exact) mass is 397 g/mol. The van der Waals surface area contributed by atoms with E-state index in [-0.39, 0.29) is 36.6 Å². The molecule has 2 saturated heterocycles. The van der Waals surface area contributed by atoms with Crippen LogP contribution in [0.3, 0.4) is 0 Å². The summed E-state index contributed by atoms with van der Waals surface area (Å²) in [5.41, 5.74) is 1.80. The van der Waals surface area contributed by atoms with E-state index in [1.165, 1.54) is 17.3 Å². The van der Waals surface area contributed by atoms with Crippen molar-refractivity contribution in [3.05, 3.63) is 59.8 Å². The van der Waals surface area contributed by atoms with Crippen LogP contribution in [0.4, 0.5) is 0 Å². The first-order valence-corrected chi connectivity index (χ1v) is 11.2. The molecule has 0 radical (unpaired) electrons. The van der Waals surface area contributed by atoms with E-state index in [1.54, 1.807) is 12.3 Å². The number of amides is 1. The predicted octanol–water partition coefficient (Wildman–Crippen LogP) is 2.91. The molecule has 3 heterocycles. The molecule has 1 aromatic heterocycles. The zero-order chi connectivity index (χ0) is 19.5. The molecule has 0 saturated carbocycles. The number of piperidine rings is 1. The second-order valence-corrected chi connectivity index (χ2v) is 8.34. The molecule has 0 aliphatic carbocycles. The molecule has 6 heteroatoms. The number of nitrogens with one attached hydrogen (secondary N) is 1. The number of thioether (sulfide) groups is 1. The second kappa shape index (κ2) is 8.64. The van der Waals surface area contributed by atoms with E-state index in [9.17, 15) is 9.90 Å². The van der Waals surface area contributed by atoms with Crippen molar-refractivity contribution in [2.45, 2.75) is 48.3 Å². The lowest BCUT2D eigenvalue weighted by Crippen LogP contribution is -2.48. The smallest absolute Gasteiger partial charge is 0.254 e. The van der Waals surface area contributed by atoms with Crippen LogP contribution in [0.2, 0.25) is 0 Å². The van der Waals surface area contributed by atoms with Gasteiger partial charge in [-0.1, -0.05) is 36.8 Å². The quantitative estimate of drug-likeness (QED) is 0.760. The molecule has 0 bridgehead atoms. The number of carbonyl (C=O) groups is 1. The van der Waals surface area contributed by atoms with Crippen molar-refractivity contribution in [1.82, 2.24) is 15.2 Å². The first kappa shape index (κ1) is 19.4. The molecule has 1 amide bonds. The summed E-state index contributed by atoms with van der Waals surface area (Å²) >= 11 is 1.48. The highest BCUT2D eigenvalue weighted by Gasteiger charge is 2.50. The summed E-state index contributed by atoms with van der Waals surface area (Å²) in [6.45, 7) is 1.08. The van der Waals surface area contributed by atoms with E-state index in [0.717, 1.165) is 30.8 Å². The van der Waals surface area contributed by atoms with Gasteiger partial charge in [0.25, 0.3) is 5.91 Å². The third-order valence-corrected chi connectivity index (χ3v) is 6.82. The molecule has 2 aliphatic heterocycles. The van der Waals surface area contributed by atoms with Crippen molar-refractivity contribution in [3.63, 3.8) is 0 Å². The van der Waals surface area contributed by atoms with Gasteiger partial charge in [-0.25, -0.2) is 4.98 Å². The van der Waals surface area contributed by atoms with Crippen LogP contribution in [0.15, 0.2) is 53.7 Å². The molecule has 0 unspecified atom stereocenters. The number of pyridine rings is 1. The van der Waals surface area contributed by atoms with Crippen LogP contribution in [-0.4, -0.2) is 58.4 Å². The van der Waals surface area contributed by atoms with E-state index in [2.05, 4.69) is 27.3 Å². The van der Waals surface area contributed by atoms with Gasteiger partial charge >= 0.3 is 0 Å². The van der Waals surface area contributed by atoms with Gasteiger partial charge < -0.3 is 10.4 Å². The SMILES string of the molecule is CSc1ncccc1C(=O)N[C@@H]1[C@@H](c2ccccc2)[C@@H](CO)N2CCCC[C@H]12. The fraction of sp³-hybridized carbons (Fsp3) is 0.455.